The Morgan fingerprint density at radius 3 is 2.59 bits per heavy atom. The quantitative estimate of drug-likeness (QED) is 0.762. The Balaban J connectivity index is 1.58. The fourth-order valence-corrected chi connectivity index (χ4v) is 3.30. The molecule has 0 atom stereocenters. The minimum atomic E-state index is -1.10. The summed E-state index contributed by atoms with van der Waals surface area (Å²) in [6.45, 7) is -0.323. The second-order valence-electron chi connectivity index (χ2n) is 6.80. The van der Waals surface area contributed by atoms with Crippen molar-refractivity contribution in [2.75, 3.05) is 6.54 Å². The zero-order valence-electron chi connectivity index (χ0n) is 14.9. The summed E-state index contributed by atoms with van der Waals surface area (Å²) in [6, 6.07) is 5.62. The zero-order valence-corrected chi connectivity index (χ0v) is 14.9. The van der Waals surface area contributed by atoms with Gasteiger partial charge in [-0.3, -0.25) is 9.59 Å². The van der Waals surface area contributed by atoms with E-state index in [1.165, 1.54) is 42.0 Å². The minimum absolute atomic E-state index is 0.0702. The standard InChI is InChI=1S/C19H22FN3O4/c20-15-7-5-13(6-8-15)11-23(12-18(25)26)17(24)10-9-16-21-19(22-27-16)14-3-1-2-4-14/h5-8,14H,1-4,9-12H2,(H,25,26). The summed E-state index contributed by atoms with van der Waals surface area (Å²) in [4.78, 5) is 29.2. The third-order valence-electron chi connectivity index (χ3n) is 4.72. The maximum absolute atomic E-state index is 13.0. The van der Waals surface area contributed by atoms with Gasteiger partial charge in [0.15, 0.2) is 5.82 Å². The number of amides is 1. The molecule has 1 aromatic carbocycles. The average Bonchev–Trinajstić information content (AvgIpc) is 3.32. The van der Waals surface area contributed by atoms with Crippen LogP contribution < -0.4 is 0 Å². The molecular formula is C19H22FN3O4. The molecule has 7 nitrogen and oxygen atoms in total. The van der Waals surface area contributed by atoms with Crippen molar-refractivity contribution < 1.29 is 23.6 Å². The number of rotatable bonds is 8. The van der Waals surface area contributed by atoms with Crippen molar-refractivity contribution in [2.45, 2.75) is 51.0 Å². The Morgan fingerprint density at radius 2 is 1.93 bits per heavy atom. The molecule has 1 aliphatic carbocycles. The van der Waals surface area contributed by atoms with Crippen LogP contribution in [0, 0.1) is 5.82 Å². The van der Waals surface area contributed by atoms with E-state index >= 15 is 0 Å². The largest absolute Gasteiger partial charge is 0.480 e. The lowest BCUT2D eigenvalue weighted by Crippen LogP contribution is -2.35. The van der Waals surface area contributed by atoms with Gasteiger partial charge < -0.3 is 14.5 Å². The van der Waals surface area contributed by atoms with Crippen molar-refractivity contribution in [3.63, 3.8) is 0 Å². The van der Waals surface area contributed by atoms with Crippen molar-refractivity contribution >= 4 is 11.9 Å². The average molecular weight is 375 g/mol. The molecule has 0 spiro atoms. The van der Waals surface area contributed by atoms with E-state index in [9.17, 15) is 14.0 Å². The summed E-state index contributed by atoms with van der Waals surface area (Å²) < 4.78 is 18.2. The highest BCUT2D eigenvalue weighted by Crippen LogP contribution is 2.32. The number of aromatic nitrogens is 2. The van der Waals surface area contributed by atoms with E-state index in [0.29, 0.717) is 23.2 Å². The van der Waals surface area contributed by atoms with Crippen molar-refractivity contribution in [1.29, 1.82) is 0 Å². The van der Waals surface area contributed by atoms with Crippen LogP contribution >= 0.6 is 0 Å². The molecule has 1 fully saturated rings. The number of halogens is 1. The molecule has 1 saturated carbocycles. The molecule has 144 valence electrons. The molecule has 0 radical (unpaired) electrons. The molecule has 8 heteroatoms. The van der Waals surface area contributed by atoms with Crippen molar-refractivity contribution in [3.8, 4) is 0 Å². The topological polar surface area (TPSA) is 96.5 Å². The van der Waals surface area contributed by atoms with E-state index in [1.807, 2.05) is 0 Å². The lowest BCUT2D eigenvalue weighted by molar-refractivity contribution is -0.144. The second-order valence-corrected chi connectivity index (χ2v) is 6.80. The lowest BCUT2D eigenvalue weighted by Gasteiger charge is -2.20. The highest BCUT2D eigenvalue weighted by atomic mass is 19.1. The van der Waals surface area contributed by atoms with Crippen LogP contribution in [0.4, 0.5) is 4.39 Å². The van der Waals surface area contributed by atoms with E-state index in [0.717, 1.165) is 12.8 Å². The maximum Gasteiger partial charge on any atom is 0.323 e. The van der Waals surface area contributed by atoms with Gasteiger partial charge >= 0.3 is 5.97 Å². The monoisotopic (exact) mass is 375 g/mol. The van der Waals surface area contributed by atoms with Gasteiger partial charge in [-0.2, -0.15) is 4.98 Å². The van der Waals surface area contributed by atoms with Crippen LogP contribution in [-0.4, -0.2) is 38.6 Å². The van der Waals surface area contributed by atoms with E-state index in [1.54, 1.807) is 0 Å². The summed E-state index contributed by atoms with van der Waals surface area (Å²) in [7, 11) is 0. The van der Waals surface area contributed by atoms with Gasteiger partial charge in [-0.05, 0) is 30.5 Å². The number of carboxylic acid groups (broad SMARTS) is 1. The molecule has 1 aromatic heterocycles. The molecule has 3 rings (SSSR count). The van der Waals surface area contributed by atoms with Gasteiger partial charge in [0.25, 0.3) is 0 Å². The van der Waals surface area contributed by atoms with Crippen LogP contribution in [0.1, 0.15) is 55.3 Å². The Morgan fingerprint density at radius 1 is 1.22 bits per heavy atom. The third kappa shape index (κ3) is 5.35. The lowest BCUT2D eigenvalue weighted by atomic mass is 10.1. The number of carbonyl (C=O) groups is 2. The van der Waals surface area contributed by atoms with Gasteiger partial charge in [0.2, 0.25) is 11.8 Å². The van der Waals surface area contributed by atoms with Crippen LogP contribution in [-0.2, 0) is 22.6 Å². The van der Waals surface area contributed by atoms with Crippen molar-refractivity contribution in [2.24, 2.45) is 0 Å². The van der Waals surface area contributed by atoms with Crippen LogP contribution in [0.2, 0.25) is 0 Å². The first-order valence-electron chi connectivity index (χ1n) is 9.08. The smallest absolute Gasteiger partial charge is 0.323 e. The number of nitrogens with zero attached hydrogens (tertiary/aromatic N) is 3. The minimum Gasteiger partial charge on any atom is -0.480 e. The fraction of sp³-hybridized carbons (Fsp3) is 0.474. The van der Waals surface area contributed by atoms with Gasteiger partial charge in [0, 0.05) is 25.3 Å². The molecule has 1 N–H and O–H groups in total. The van der Waals surface area contributed by atoms with Crippen LogP contribution in [0.5, 0.6) is 0 Å². The molecule has 0 saturated heterocycles. The van der Waals surface area contributed by atoms with Crippen molar-refractivity contribution in [1.82, 2.24) is 15.0 Å². The molecule has 27 heavy (non-hydrogen) atoms. The molecule has 0 bridgehead atoms. The number of hydrogen-bond donors (Lipinski definition) is 1. The van der Waals surface area contributed by atoms with Crippen LogP contribution in [0.3, 0.4) is 0 Å². The molecule has 1 aliphatic rings. The first-order chi connectivity index (χ1) is 13.0. The van der Waals surface area contributed by atoms with Gasteiger partial charge in [0.05, 0.1) is 0 Å². The van der Waals surface area contributed by atoms with Gasteiger partial charge in [-0.1, -0.05) is 30.1 Å². The summed E-state index contributed by atoms with van der Waals surface area (Å²) in [6.07, 6.45) is 4.78. The zero-order chi connectivity index (χ0) is 19.2. The normalized spacial score (nSPS) is 14.4. The predicted molar refractivity (Wildman–Crippen MR) is 93.3 cm³/mol. The molecule has 2 aromatic rings. The highest BCUT2D eigenvalue weighted by Gasteiger charge is 2.23. The molecule has 0 aliphatic heterocycles. The van der Waals surface area contributed by atoms with Crippen molar-refractivity contribution in [3.05, 3.63) is 47.4 Å². The van der Waals surface area contributed by atoms with Gasteiger partial charge in [-0.15, -0.1) is 0 Å². The molecule has 1 amide bonds. The molecule has 1 heterocycles. The predicted octanol–water partition coefficient (Wildman–Crippen LogP) is 2.91. The number of hydrogen-bond acceptors (Lipinski definition) is 5. The number of carbonyl (C=O) groups excluding carboxylic acids is 1. The summed E-state index contributed by atoms with van der Waals surface area (Å²) in [5, 5.41) is 13.1. The second kappa shape index (κ2) is 8.75. The number of benzene rings is 1. The first kappa shape index (κ1) is 19.0. The van der Waals surface area contributed by atoms with E-state index in [-0.39, 0.29) is 31.1 Å². The first-order valence-corrected chi connectivity index (χ1v) is 9.08. The van der Waals surface area contributed by atoms with Gasteiger partial charge in [0.1, 0.15) is 12.4 Å². The summed E-state index contributed by atoms with van der Waals surface area (Å²) >= 11 is 0. The van der Waals surface area contributed by atoms with E-state index in [4.69, 9.17) is 9.63 Å². The number of aryl methyl sites for hydroxylation is 1. The highest BCUT2D eigenvalue weighted by molar-refractivity contribution is 5.81. The Labute approximate surface area is 156 Å². The summed E-state index contributed by atoms with van der Waals surface area (Å²) in [5.74, 6) is -0.399. The van der Waals surface area contributed by atoms with Crippen LogP contribution in [0.25, 0.3) is 0 Å². The molecule has 0 unspecified atom stereocenters. The Bertz CT molecular complexity index is 785. The Hall–Kier alpha value is -2.77. The van der Waals surface area contributed by atoms with Crippen LogP contribution in [0.15, 0.2) is 28.8 Å². The fourth-order valence-electron chi connectivity index (χ4n) is 3.30. The molecular weight excluding hydrogens is 353 g/mol. The van der Waals surface area contributed by atoms with Gasteiger partial charge in [-0.25, -0.2) is 4.39 Å². The summed E-state index contributed by atoms with van der Waals surface area (Å²) in [5.41, 5.74) is 0.660. The third-order valence-corrected chi connectivity index (χ3v) is 4.72. The maximum atomic E-state index is 13.0. The SMILES string of the molecule is O=C(O)CN(Cc1ccc(F)cc1)C(=O)CCc1nc(C2CCCC2)no1. The van der Waals surface area contributed by atoms with E-state index < -0.39 is 12.5 Å². The number of aliphatic carboxylic acids is 1. The number of carboxylic acids is 1. The van der Waals surface area contributed by atoms with E-state index in [2.05, 4.69) is 10.1 Å². The Kier molecular flexibility index (Phi) is 6.16.